The maximum atomic E-state index is 13.1. The van der Waals surface area contributed by atoms with Crippen molar-refractivity contribution in [2.24, 2.45) is 18.9 Å². The van der Waals surface area contributed by atoms with Crippen molar-refractivity contribution >= 4 is 29.2 Å². The number of carbonyl (C=O) groups is 2. The number of nitrogens with zero attached hydrogens (tertiary/aromatic N) is 3. The molecule has 1 unspecified atom stereocenters. The first-order chi connectivity index (χ1) is 29.5. The lowest BCUT2D eigenvalue weighted by atomic mass is 9.59. The standard InChI is InChI=1S/C50H58ClN5O5/c1-33(32-61-45-17-22-52-44-13-4-8-34(2)47(44)45)24-39-26-37-15-16-42(60-23-7-14-46(57)53-29-35-9-5-10-36(25-35)38-30-54-56(3)31-38)28-43(37)49(39)18-20-50(21-19-49,48(58)59)55-41-12-6-11-40(51)27-41/h5-6,9-12,15-17,22,25,27-28,30-31,33-34,39,55H,4,7-8,13-14,18-21,23-24,26,29,32H2,1-3H3,(H,53,57)(H,58,59)/t33-,34-,39?,49?,50?/m1/s1. The minimum absolute atomic E-state index is 0.0157. The molecule has 1 saturated carbocycles. The van der Waals surface area contributed by atoms with Gasteiger partial charge in [0.15, 0.2) is 0 Å². The van der Waals surface area contributed by atoms with Crippen molar-refractivity contribution < 1.29 is 24.2 Å². The van der Waals surface area contributed by atoms with Gasteiger partial charge in [-0.1, -0.05) is 55.8 Å². The Kier molecular flexibility index (Phi) is 12.7. The minimum atomic E-state index is -1.11. The number of aliphatic carboxylic acids is 1. The molecule has 61 heavy (non-hydrogen) atoms. The summed E-state index contributed by atoms with van der Waals surface area (Å²) in [5.74, 6) is 1.93. The summed E-state index contributed by atoms with van der Waals surface area (Å²) in [7, 11) is 1.90. The summed E-state index contributed by atoms with van der Waals surface area (Å²) in [5.41, 5.74) is 7.55. The van der Waals surface area contributed by atoms with E-state index in [0.717, 1.165) is 73.1 Å². The fraction of sp³-hybridized carbons (Fsp3) is 0.440. The molecule has 5 aromatic rings. The van der Waals surface area contributed by atoms with Crippen LogP contribution < -0.4 is 20.1 Å². The van der Waals surface area contributed by atoms with E-state index in [2.05, 4.69) is 58.8 Å². The van der Waals surface area contributed by atoms with E-state index in [-0.39, 0.29) is 17.2 Å². The number of halogens is 1. The number of carbonyl (C=O) groups excluding carboxylic acids is 1. The van der Waals surface area contributed by atoms with E-state index in [4.69, 9.17) is 21.1 Å². The second-order valence-corrected chi connectivity index (χ2v) is 18.3. The second-order valence-electron chi connectivity index (χ2n) is 17.8. The van der Waals surface area contributed by atoms with Gasteiger partial charge in [-0.15, -0.1) is 0 Å². The van der Waals surface area contributed by atoms with Gasteiger partial charge >= 0.3 is 5.97 Å². The molecule has 3 aromatic carbocycles. The van der Waals surface area contributed by atoms with Crippen molar-refractivity contribution in [1.82, 2.24) is 20.1 Å². The van der Waals surface area contributed by atoms with Gasteiger partial charge in [-0.05, 0) is 152 Å². The van der Waals surface area contributed by atoms with E-state index in [9.17, 15) is 14.7 Å². The molecule has 11 heteroatoms. The van der Waals surface area contributed by atoms with Crippen molar-refractivity contribution in [3.8, 4) is 22.6 Å². The largest absolute Gasteiger partial charge is 0.494 e. The van der Waals surface area contributed by atoms with Crippen molar-refractivity contribution in [3.05, 3.63) is 124 Å². The predicted octanol–water partition coefficient (Wildman–Crippen LogP) is 10.1. The molecule has 2 aromatic heterocycles. The molecule has 10 nitrogen and oxygen atoms in total. The number of hydrogen-bond donors (Lipinski definition) is 3. The van der Waals surface area contributed by atoms with E-state index in [1.807, 2.05) is 62.0 Å². The highest BCUT2D eigenvalue weighted by atomic mass is 35.5. The number of ether oxygens (including phenoxy) is 2. The number of fused-ring (bicyclic) bond motifs is 3. The molecule has 3 atom stereocenters. The molecular formula is C50H58ClN5O5. The van der Waals surface area contributed by atoms with Gasteiger partial charge in [-0.3, -0.25) is 14.5 Å². The Hall–Kier alpha value is -5.35. The Morgan fingerprint density at radius 3 is 2.64 bits per heavy atom. The van der Waals surface area contributed by atoms with Crippen LogP contribution in [0.3, 0.4) is 0 Å². The van der Waals surface area contributed by atoms with Gasteiger partial charge in [0, 0.05) is 59.9 Å². The van der Waals surface area contributed by atoms with E-state index in [0.29, 0.717) is 68.0 Å². The highest BCUT2D eigenvalue weighted by Gasteiger charge is 2.54. The Balaban J connectivity index is 0.931. The number of benzene rings is 3. The number of carboxylic acid groups (broad SMARTS) is 1. The topological polar surface area (TPSA) is 128 Å². The van der Waals surface area contributed by atoms with Crippen LogP contribution in [0.2, 0.25) is 5.02 Å². The molecule has 320 valence electrons. The molecule has 1 amide bonds. The highest BCUT2D eigenvalue weighted by Crippen LogP contribution is 2.57. The smallest absolute Gasteiger partial charge is 0.329 e. The lowest BCUT2D eigenvalue weighted by Gasteiger charge is -2.47. The minimum Gasteiger partial charge on any atom is -0.494 e. The monoisotopic (exact) mass is 843 g/mol. The molecule has 1 fully saturated rings. The van der Waals surface area contributed by atoms with Crippen LogP contribution in [0.4, 0.5) is 5.69 Å². The third kappa shape index (κ3) is 9.44. The van der Waals surface area contributed by atoms with Crippen LogP contribution in [-0.4, -0.2) is 50.5 Å². The summed E-state index contributed by atoms with van der Waals surface area (Å²) in [6, 6.07) is 23.9. The van der Waals surface area contributed by atoms with Gasteiger partial charge in [-0.2, -0.15) is 5.10 Å². The molecule has 0 aliphatic heterocycles. The van der Waals surface area contributed by atoms with Crippen molar-refractivity contribution in [1.29, 1.82) is 0 Å². The average Bonchev–Trinajstić information content (AvgIpc) is 3.82. The third-order valence-electron chi connectivity index (χ3n) is 13.5. The highest BCUT2D eigenvalue weighted by molar-refractivity contribution is 6.30. The predicted molar refractivity (Wildman–Crippen MR) is 239 cm³/mol. The quantitative estimate of drug-likeness (QED) is 0.0838. The Bertz CT molecular complexity index is 2350. The molecule has 2 heterocycles. The third-order valence-corrected chi connectivity index (χ3v) is 13.8. The molecule has 0 radical (unpaired) electrons. The number of pyridine rings is 1. The molecular weight excluding hydrogens is 786 g/mol. The Morgan fingerprint density at radius 2 is 1.85 bits per heavy atom. The van der Waals surface area contributed by atoms with Gasteiger partial charge in [0.25, 0.3) is 0 Å². The summed E-state index contributed by atoms with van der Waals surface area (Å²) in [6.07, 6.45) is 14.2. The Labute approximate surface area is 364 Å². The van der Waals surface area contributed by atoms with Crippen LogP contribution in [0.1, 0.15) is 106 Å². The van der Waals surface area contributed by atoms with E-state index >= 15 is 0 Å². The van der Waals surface area contributed by atoms with Gasteiger partial charge in [0.1, 0.15) is 17.0 Å². The number of carboxylic acids is 1. The lowest BCUT2D eigenvalue weighted by Crippen LogP contribution is -2.53. The zero-order chi connectivity index (χ0) is 42.6. The van der Waals surface area contributed by atoms with Gasteiger partial charge < -0.3 is 25.2 Å². The average molecular weight is 844 g/mol. The van der Waals surface area contributed by atoms with E-state index in [1.54, 1.807) is 16.8 Å². The first kappa shape index (κ1) is 42.3. The molecule has 0 bridgehead atoms. The van der Waals surface area contributed by atoms with Crippen LogP contribution in [0, 0.1) is 11.8 Å². The van der Waals surface area contributed by atoms with Gasteiger partial charge in [0.05, 0.1) is 19.4 Å². The van der Waals surface area contributed by atoms with Crippen LogP contribution >= 0.6 is 11.6 Å². The fourth-order valence-electron chi connectivity index (χ4n) is 10.3. The van der Waals surface area contributed by atoms with Crippen molar-refractivity contribution in [3.63, 3.8) is 0 Å². The van der Waals surface area contributed by atoms with Crippen LogP contribution in [0.15, 0.2) is 91.4 Å². The van der Waals surface area contributed by atoms with Gasteiger partial charge in [0.2, 0.25) is 5.91 Å². The number of anilines is 1. The molecule has 0 saturated heterocycles. The van der Waals surface area contributed by atoms with Crippen LogP contribution in [-0.2, 0) is 41.4 Å². The SMILES string of the molecule is C[C@@H](COc1ccnc2c1[C@H](C)CCC2)CC1Cc2ccc(OCCCC(=O)NCc3cccc(-c4cnn(C)c4)c3)cc2C12CCC(Nc1cccc(Cl)c1)(C(=O)O)CC2. The maximum Gasteiger partial charge on any atom is 0.329 e. The molecule has 8 rings (SSSR count). The number of rotatable bonds is 16. The normalized spacial score (nSPS) is 22.2. The van der Waals surface area contributed by atoms with E-state index < -0.39 is 11.5 Å². The maximum absolute atomic E-state index is 13.1. The number of aryl methyl sites for hydroxylation is 2. The van der Waals surface area contributed by atoms with Crippen molar-refractivity contribution in [2.75, 3.05) is 18.5 Å². The van der Waals surface area contributed by atoms with Crippen molar-refractivity contribution in [2.45, 2.75) is 108 Å². The number of nitrogens with one attached hydrogen (secondary N) is 2. The first-order valence-corrected chi connectivity index (χ1v) is 22.4. The fourth-order valence-corrected chi connectivity index (χ4v) is 10.5. The zero-order valence-corrected chi connectivity index (χ0v) is 36.3. The number of aromatic nitrogens is 3. The van der Waals surface area contributed by atoms with Gasteiger partial charge in [-0.25, -0.2) is 4.79 Å². The number of amides is 1. The summed E-state index contributed by atoms with van der Waals surface area (Å²) in [6.45, 7) is 6.04. The molecule has 3 aliphatic carbocycles. The Morgan fingerprint density at radius 1 is 1.02 bits per heavy atom. The molecule has 1 spiro atoms. The van der Waals surface area contributed by atoms with Crippen LogP contribution in [0.25, 0.3) is 11.1 Å². The number of hydrogen-bond acceptors (Lipinski definition) is 7. The zero-order valence-electron chi connectivity index (χ0n) is 35.6. The summed E-state index contributed by atoms with van der Waals surface area (Å²) in [5, 5.41) is 22.0. The summed E-state index contributed by atoms with van der Waals surface area (Å²) < 4.78 is 14.7. The van der Waals surface area contributed by atoms with E-state index in [1.165, 1.54) is 22.4 Å². The summed E-state index contributed by atoms with van der Waals surface area (Å²) in [4.78, 5) is 30.6. The summed E-state index contributed by atoms with van der Waals surface area (Å²) >= 11 is 6.32. The lowest BCUT2D eigenvalue weighted by molar-refractivity contribution is -0.144. The molecule has 3 N–H and O–H groups in total. The molecule has 3 aliphatic rings. The first-order valence-electron chi connectivity index (χ1n) is 22.0. The second kappa shape index (κ2) is 18.3. The van der Waals surface area contributed by atoms with Crippen LogP contribution in [0.5, 0.6) is 11.5 Å².